The fraction of sp³-hybridized carbons (Fsp3) is 0.462. The molecule has 3 unspecified atom stereocenters. The normalized spacial score (nSPS) is 27.3. The summed E-state index contributed by atoms with van der Waals surface area (Å²) in [5.74, 6) is -1.04. The van der Waals surface area contributed by atoms with Gasteiger partial charge in [0.25, 0.3) is 0 Å². The highest BCUT2D eigenvalue weighted by Crippen LogP contribution is 2.32. The molecule has 0 amide bonds. The molecule has 1 saturated heterocycles. The van der Waals surface area contributed by atoms with Crippen LogP contribution in [0.4, 0.5) is 13.2 Å². The largest absolute Gasteiger partial charge is 0.480 e. The molecule has 1 aromatic rings. The Morgan fingerprint density at radius 2 is 2.15 bits per heavy atom. The second-order valence-corrected chi connectivity index (χ2v) is 4.68. The molecule has 0 radical (unpaired) electrons. The van der Waals surface area contributed by atoms with Crippen LogP contribution in [-0.4, -0.2) is 29.8 Å². The Balaban J connectivity index is 2.16. The third-order valence-corrected chi connectivity index (χ3v) is 3.22. The molecule has 0 bridgehead atoms. The van der Waals surface area contributed by atoms with Crippen molar-refractivity contribution in [2.45, 2.75) is 31.3 Å². The molecule has 1 fully saturated rings. The molecule has 20 heavy (non-hydrogen) atoms. The summed E-state index contributed by atoms with van der Waals surface area (Å²) >= 11 is 0. The molecule has 0 spiro atoms. The van der Waals surface area contributed by atoms with Crippen LogP contribution < -0.4 is 5.32 Å². The van der Waals surface area contributed by atoms with Gasteiger partial charge in [0.05, 0.1) is 17.8 Å². The molecular formula is C13H14F3NO3. The van der Waals surface area contributed by atoms with E-state index in [1.54, 1.807) is 6.92 Å². The monoisotopic (exact) mass is 289 g/mol. The van der Waals surface area contributed by atoms with Gasteiger partial charge in [-0.15, -0.1) is 0 Å². The second kappa shape index (κ2) is 5.41. The highest BCUT2D eigenvalue weighted by molar-refractivity contribution is 5.74. The van der Waals surface area contributed by atoms with E-state index < -0.39 is 36.0 Å². The van der Waals surface area contributed by atoms with E-state index in [1.165, 1.54) is 12.1 Å². The highest BCUT2D eigenvalue weighted by Gasteiger charge is 2.35. The Morgan fingerprint density at radius 1 is 1.45 bits per heavy atom. The molecule has 2 N–H and O–H groups in total. The van der Waals surface area contributed by atoms with Gasteiger partial charge >= 0.3 is 12.1 Å². The van der Waals surface area contributed by atoms with Gasteiger partial charge in [-0.25, -0.2) is 0 Å². The maximum Gasteiger partial charge on any atom is 0.416 e. The van der Waals surface area contributed by atoms with Gasteiger partial charge < -0.3 is 9.84 Å². The van der Waals surface area contributed by atoms with Crippen LogP contribution in [0, 0.1) is 0 Å². The Hall–Kier alpha value is -1.60. The van der Waals surface area contributed by atoms with Crippen molar-refractivity contribution in [3.8, 4) is 0 Å². The molecule has 1 heterocycles. The third-order valence-electron chi connectivity index (χ3n) is 3.22. The Labute approximate surface area is 113 Å². The number of carboxylic acids is 1. The van der Waals surface area contributed by atoms with Crippen LogP contribution >= 0.6 is 0 Å². The summed E-state index contributed by atoms with van der Waals surface area (Å²) in [6.07, 6.45) is -5.63. The number of hydrogen-bond acceptors (Lipinski definition) is 3. The maximum atomic E-state index is 12.6. The van der Waals surface area contributed by atoms with Crippen LogP contribution in [0.1, 0.15) is 24.2 Å². The van der Waals surface area contributed by atoms with E-state index in [1.807, 2.05) is 0 Å². The van der Waals surface area contributed by atoms with E-state index in [-0.39, 0.29) is 6.54 Å². The zero-order valence-electron chi connectivity index (χ0n) is 10.6. The average Bonchev–Trinajstić information content (AvgIpc) is 2.37. The topological polar surface area (TPSA) is 58.6 Å². The van der Waals surface area contributed by atoms with E-state index in [0.717, 1.165) is 12.1 Å². The molecule has 7 heteroatoms. The second-order valence-electron chi connectivity index (χ2n) is 4.68. The maximum absolute atomic E-state index is 12.6. The quantitative estimate of drug-likeness (QED) is 0.876. The molecule has 0 aromatic heterocycles. The van der Waals surface area contributed by atoms with Crippen LogP contribution in [0.15, 0.2) is 24.3 Å². The van der Waals surface area contributed by atoms with Gasteiger partial charge in [-0.2, -0.15) is 13.2 Å². The number of alkyl halides is 3. The van der Waals surface area contributed by atoms with Gasteiger partial charge in [-0.1, -0.05) is 12.1 Å². The zero-order chi connectivity index (χ0) is 14.9. The predicted molar refractivity (Wildman–Crippen MR) is 64.2 cm³/mol. The lowest BCUT2D eigenvalue weighted by molar-refractivity contribution is -0.149. The molecule has 1 aliphatic heterocycles. The van der Waals surface area contributed by atoms with Crippen molar-refractivity contribution in [2.75, 3.05) is 6.54 Å². The first-order chi connectivity index (χ1) is 9.29. The number of carboxylic acid groups (broad SMARTS) is 1. The van der Waals surface area contributed by atoms with Crippen LogP contribution in [0.5, 0.6) is 0 Å². The molecule has 2 rings (SSSR count). The fourth-order valence-electron chi connectivity index (χ4n) is 2.19. The number of morpholine rings is 1. The minimum Gasteiger partial charge on any atom is -0.480 e. The van der Waals surface area contributed by atoms with Gasteiger partial charge in [0.1, 0.15) is 6.04 Å². The summed E-state index contributed by atoms with van der Waals surface area (Å²) < 4.78 is 43.4. The van der Waals surface area contributed by atoms with E-state index >= 15 is 0 Å². The van der Waals surface area contributed by atoms with Gasteiger partial charge in [-0.3, -0.25) is 10.1 Å². The highest BCUT2D eigenvalue weighted by atomic mass is 19.4. The number of ether oxygens (including phenoxy) is 1. The third kappa shape index (κ3) is 3.10. The van der Waals surface area contributed by atoms with Crippen LogP contribution in [0.25, 0.3) is 0 Å². The number of rotatable bonds is 2. The van der Waals surface area contributed by atoms with Crippen molar-refractivity contribution in [3.05, 3.63) is 35.4 Å². The summed E-state index contributed by atoms with van der Waals surface area (Å²) in [5, 5.41) is 11.7. The molecule has 1 aliphatic rings. The van der Waals surface area contributed by atoms with Gasteiger partial charge in [0, 0.05) is 6.54 Å². The van der Waals surface area contributed by atoms with Crippen molar-refractivity contribution in [1.29, 1.82) is 0 Å². The Kier molecular flexibility index (Phi) is 4.01. The zero-order valence-corrected chi connectivity index (χ0v) is 10.6. The summed E-state index contributed by atoms with van der Waals surface area (Å²) in [5.41, 5.74) is -0.366. The Morgan fingerprint density at radius 3 is 2.70 bits per heavy atom. The minimum atomic E-state index is -4.41. The summed E-state index contributed by atoms with van der Waals surface area (Å²) in [6.45, 7) is 1.73. The van der Waals surface area contributed by atoms with E-state index in [4.69, 9.17) is 9.84 Å². The molecule has 3 atom stereocenters. The van der Waals surface area contributed by atoms with Crippen LogP contribution in [0.2, 0.25) is 0 Å². The lowest BCUT2D eigenvalue weighted by Crippen LogP contribution is -2.52. The van der Waals surface area contributed by atoms with E-state index in [0.29, 0.717) is 5.56 Å². The number of aliphatic carboxylic acids is 1. The smallest absolute Gasteiger partial charge is 0.416 e. The summed E-state index contributed by atoms with van der Waals surface area (Å²) in [4.78, 5) is 10.9. The van der Waals surface area contributed by atoms with Gasteiger partial charge in [0.2, 0.25) is 0 Å². The molecule has 110 valence electrons. The van der Waals surface area contributed by atoms with Crippen molar-refractivity contribution in [3.63, 3.8) is 0 Å². The first kappa shape index (κ1) is 14.8. The standard InChI is InChI=1S/C13H14F3NO3/c1-7-11(12(18)19)17-6-10(20-7)8-3-2-4-9(5-8)13(14,15)16/h2-5,7,10-11,17H,6H2,1H3,(H,18,19). The van der Waals surface area contributed by atoms with E-state index in [9.17, 15) is 18.0 Å². The number of halogens is 3. The Bertz CT molecular complexity index is 504. The summed E-state index contributed by atoms with van der Waals surface area (Å²) in [7, 11) is 0. The number of hydrogen-bond donors (Lipinski definition) is 2. The number of nitrogens with one attached hydrogen (secondary N) is 1. The first-order valence-corrected chi connectivity index (χ1v) is 6.08. The molecule has 1 aromatic carbocycles. The fourth-order valence-corrected chi connectivity index (χ4v) is 2.19. The van der Waals surface area contributed by atoms with Crippen molar-refractivity contribution in [2.24, 2.45) is 0 Å². The van der Waals surface area contributed by atoms with E-state index in [2.05, 4.69) is 5.32 Å². The predicted octanol–water partition coefficient (Wildman–Crippen LogP) is 2.21. The van der Waals surface area contributed by atoms with Crippen molar-refractivity contribution < 1.29 is 27.8 Å². The average molecular weight is 289 g/mol. The minimum absolute atomic E-state index is 0.155. The van der Waals surface area contributed by atoms with Crippen LogP contribution in [0.3, 0.4) is 0 Å². The van der Waals surface area contributed by atoms with Crippen molar-refractivity contribution in [1.82, 2.24) is 5.32 Å². The van der Waals surface area contributed by atoms with Crippen molar-refractivity contribution >= 4 is 5.97 Å². The number of benzene rings is 1. The molecule has 0 aliphatic carbocycles. The van der Waals surface area contributed by atoms with Gasteiger partial charge in [-0.05, 0) is 24.6 Å². The van der Waals surface area contributed by atoms with Crippen LogP contribution in [-0.2, 0) is 15.7 Å². The molecular weight excluding hydrogens is 275 g/mol. The summed E-state index contributed by atoms with van der Waals surface area (Å²) in [6, 6.07) is 4.02. The number of carbonyl (C=O) groups is 1. The lowest BCUT2D eigenvalue weighted by Gasteiger charge is -2.33. The molecule has 4 nitrogen and oxygen atoms in total. The molecule has 0 saturated carbocycles. The first-order valence-electron chi connectivity index (χ1n) is 6.08. The lowest BCUT2D eigenvalue weighted by atomic mass is 10.0. The SMILES string of the molecule is CC1OC(c2cccc(C(F)(F)F)c2)CNC1C(=O)O. The van der Waals surface area contributed by atoms with Gasteiger partial charge in [0.15, 0.2) is 0 Å².